The summed E-state index contributed by atoms with van der Waals surface area (Å²) in [5.74, 6) is 0.282. The van der Waals surface area contributed by atoms with Crippen LogP contribution in [0.3, 0.4) is 0 Å². The second-order valence-corrected chi connectivity index (χ2v) is 6.44. The summed E-state index contributed by atoms with van der Waals surface area (Å²) < 4.78 is 0. The van der Waals surface area contributed by atoms with Gasteiger partial charge in [-0.05, 0) is 20.2 Å². The van der Waals surface area contributed by atoms with Crippen molar-refractivity contribution in [2.75, 3.05) is 44.4 Å². The number of nitrogens with one attached hydrogen (secondary N) is 3. The van der Waals surface area contributed by atoms with E-state index < -0.39 is 0 Å². The number of anilines is 2. The zero-order valence-corrected chi connectivity index (χ0v) is 17.4. The Kier molecular flexibility index (Phi) is 8.35. The van der Waals surface area contributed by atoms with Crippen molar-refractivity contribution in [1.82, 2.24) is 19.9 Å². The Morgan fingerprint density at radius 3 is 2.59 bits per heavy atom. The number of nitrogens with zero attached hydrogens (tertiary/aromatic N) is 4. The van der Waals surface area contributed by atoms with Crippen LogP contribution in [0.15, 0.2) is 36.8 Å². The van der Waals surface area contributed by atoms with Gasteiger partial charge < -0.3 is 20.5 Å². The van der Waals surface area contributed by atoms with Gasteiger partial charge in [-0.3, -0.25) is 10.1 Å². The minimum Gasteiger partial charge on any atom is -0.378 e. The highest BCUT2D eigenvalue weighted by atomic mass is 16.6. The predicted molar refractivity (Wildman–Crippen MR) is 118 cm³/mol. The van der Waals surface area contributed by atoms with Crippen molar-refractivity contribution in [3.8, 4) is 0 Å². The number of hydrogen-bond donors (Lipinski definition) is 3. The van der Waals surface area contributed by atoms with Crippen molar-refractivity contribution >= 4 is 28.1 Å². The number of aromatic amines is 1. The number of aromatic nitrogens is 3. The monoisotopic (exact) mass is 399 g/mol. The molecule has 3 aromatic rings. The molecule has 29 heavy (non-hydrogen) atoms. The number of H-pyrrole nitrogens is 1. The Bertz CT molecular complexity index is 911. The second kappa shape index (κ2) is 11.0. The lowest BCUT2D eigenvalue weighted by atomic mass is 10.1. The van der Waals surface area contributed by atoms with Gasteiger partial charge in [-0.25, -0.2) is 9.97 Å². The van der Waals surface area contributed by atoms with Gasteiger partial charge >= 0.3 is 5.69 Å². The van der Waals surface area contributed by atoms with Crippen molar-refractivity contribution in [3.05, 3.63) is 52.6 Å². The van der Waals surface area contributed by atoms with Crippen molar-refractivity contribution in [1.29, 1.82) is 0 Å². The Hall–Kier alpha value is -3.20. The lowest BCUT2D eigenvalue weighted by Gasteiger charge is -2.15. The van der Waals surface area contributed by atoms with Crippen LogP contribution in [-0.2, 0) is 6.42 Å². The van der Waals surface area contributed by atoms with Gasteiger partial charge in [-0.15, -0.1) is 0 Å². The van der Waals surface area contributed by atoms with E-state index in [1.807, 2.05) is 57.1 Å². The number of nitro groups is 1. The van der Waals surface area contributed by atoms with Gasteiger partial charge in [0.2, 0.25) is 5.82 Å². The molecule has 3 rings (SSSR count). The molecule has 0 amide bonds. The van der Waals surface area contributed by atoms with Crippen molar-refractivity contribution in [2.45, 2.75) is 20.3 Å². The molecule has 3 N–H and O–H groups in total. The summed E-state index contributed by atoms with van der Waals surface area (Å²) in [5, 5.41) is 18.9. The van der Waals surface area contributed by atoms with Gasteiger partial charge in [-0.2, -0.15) is 0 Å². The third kappa shape index (κ3) is 5.89. The molecule has 9 heteroatoms. The number of fused-ring (bicyclic) bond motifs is 1. The van der Waals surface area contributed by atoms with Crippen LogP contribution >= 0.6 is 0 Å². The predicted octanol–water partition coefficient (Wildman–Crippen LogP) is 3.52. The second-order valence-electron chi connectivity index (χ2n) is 6.44. The summed E-state index contributed by atoms with van der Waals surface area (Å²) in [6.07, 6.45) is 4.04. The molecule has 156 valence electrons. The average Bonchev–Trinajstić information content (AvgIpc) is 3.22. The highest BCUT2D eigenvalue weighted by molar-refractivity contribution is 5.99. The molecule has 0 saturated heterocycles. The van der Waals surface area contributed by atoms with Crippen LogP contribution in [0.5, 0.6) is 0 Å². The molecule has 0 atom stereocenters. The molecule has 0 spiro atoms. The first-order valence-electron chi connectivity index (χ1n) is 9.73. The molecular formula is C20H29N7O2. The maximum Gasteiger partial charge on any atom is 0.334 e. The molecule has 2 aromatic heterocycles. The first-order valence-corrected chi connectivity index (χ1v) is 9.73. The highest BCUT2D eigenvalue weighted by Crippen LogP contribution is 2.37. The zero-order chi connectivity index (χ0) is 21.2. The van der Waals surface area contributed by atoms with Gasteiger partial charge in [0, 0.05) is 43.3 Å². The van der Waals surface area contributed by atoms with E-state index in [1.165, 1.54) is 0 Å². The Morgan fingerprint density at radius 1 is 1.17 bits per heavy atom. The molecule has 9 nitrogen and oxygen atoms in total. The molecule has 1 aromatic carbocycles. The fourth-order valence-corrected chi connectivity index (χ4v) is 2.82. The van der Waals surface area contributed by atoms with E-state index in [0.717, 1.165) is 17.6 Å². The van der Waals surface area contributed by atoms with Crippen LogP contribution in [0.25, 0.3) is 10.9 Å². The fourth-order valence-electron chi connectivity index (χ4n) is 2.82. The number of hydrogen-bond acceptors (Lipinski definition) is 7. The maximum absolute atomic E-state index is 11.8. The van der Waals surface area contributed by atoms with Crippen LogP contribution in [0, 0.1) is 10.1 Å². The number of para-hydroxylation sites is 1. The van der Waals surface area contributed by atoms with Crippen LogP contribution in [0.2, 0.25) is 0 Å². The van der Waals surface area contributed by atoms with Gasteiger partial charge in [-0.1, -0.05) is 32.0 Å². The minimum absolute atomic E-state index is 0.0305. The van der Waals surface area contributed by atoms with E-state index in [4.69, 9.17) is 0 Å². The Labute approximate surface area is 170 Å². The molecule has 0 saturated carbocycles. The molecular weight excluding hydrogens is 370 g/mol. The summed E-state index contributed by atoms with van der Waals surface area (Å²) in [7, 11) is 3.90. The van der Waals surface area contributed by atoms with Crippen LogP contribution in [0.1, 0.15) is 19.5 Å². The van der Waals surface area contributed by atoms with Crippen molar-refractivity contribution in [3.63, 3.8) is 0 Å². The maximum atomic E-state index is 11.8. The van der Waals surface area contributed by atoms with E-state index >= 15 is 0 Å². The van der Waals surface area contributed by atoms with Gasteiger partial charge in [0.25, 0.3) is 0 Å². The average molecular weight is 399 g/mol. The third-order valence-electron chi connectivity index (χ3n) is 4.15. The van der Waals surface area contributed by atoms with Crippen LogP contribution < -0.4 is 10.6 Å². The van der Waals surface area contributed by atoms with E-state index in [1.54, 1.807) is 12.5 Å². The molecule has 0 aliphatic carbocycles. The normalized spacial score (nSPS) is 10.5. The zero-order valence-electron chi connectivity index (χ0n) is 17.4. The van der Waals surface area contributed by atoms with Crippen molar-refractivity contribution < 1.29 is 4.92 Å². The lowest BCUT2D eigenvalue weighted by molar-refractivity contribution is -0.383. The smallest absolute Gasteiger partial charge is 0.334 e. The van der Waals surface area contributed by atoms with Crippen LogP contribution in [0.4, 0.5) is 17.2 Å². The molecule has 2 heterocycles. The number of rotatable bonds is 9. The third-order valence-corrected chi connectivity index (χ3v) is 4.15. The molecule has 0 fully saturated rings. The lowest BCUT2D eigenvalue weighted by Crippen LogP contribution is -2.21. The van der Waals surface area contributed by atoms with Crippen molar-refractivity contribution in [2.24, 2.45) is 0 Å². The minimum atomic E-state index is -0.379. The summed E-state index contributed by atoms with van der Waals surface area (Å²) in [6, 6.07) is 7.43. The largest absolute Gasteiger partial charge is 0.378 e. The van der Waals surface area contributed by atoms with E-state index in [-0.39, 0.29) is 16.4 Å². The standard InChI is InChI=1S/C18H23N7O2.C2H6/c1-24(2)10-9-21-18-17(25(26)27)16(14-5-3-4-6-15(14)23-18)20-8-7-13-11-19-12-22-13;1-2/h3-6,11-12H,7-10H2,1-2H3,(H,19,22)(H2,20,21,23);1-2H3. The molecule has 0 aliphatic rings. The summed E-state index contributed by atoms with van der Waals surface area (Å²) >= 11 is 0. The SMILES string of the molecule is CC.CN(C)CCNc1nc2ccccc2c(NCCc2cnc[nH]2)c1[N+](=O)[O-]. The highest BCUT2D eigenvalue weighted by Gasteiger charge is 2.24. The van der Waals surface area contributed by atoms with E-state index in [2.05, 4.69) is 25.6 Å². The molecule has 0 unspecified atom stereocenters. The number of pyridine rings is 1. The molecule has 0 aliphatic heterocycles. The number of likely N-dealkylation sites (N-methyl/N-ethyl adjacent to an activating group) is 1. The van der Waals surface area contributed by atoms with E-state index in [9.17, 15) is 10.1 Å². The number of benzene rings is 1. The summed E-state index contributed by atoms with van der Waals surface area (Å²) in [6.45, 7) is 5.84. The first-order chi connectivity index (χ1) is 14.1. The molecule has 0 bridgehead atoms. The summed E-state index contributed by atoms with van der Waals surface area (Å²) in [4.78, 5) is 25.0. The number of imidazole rings is 1. The van der Waals surface area contributed by atoms with E-state index in [0.29, 0.717) is 30.7 Å². The molecule has 0 radical (unpaired) electrons. The van der Waals surface area contributed by atoms with Gasteiger partial charge in [0.05, 0.1) is 16.8 Å². The van der Waals surface area contributed by atoms with Gasteiger partial charge in [0.15, 0.2) is 0 Å². The fraction of sp³-hybridized carbons (Fsp3) is 0.400. The van der Waals surface area contributed by atoms with Crippen LogP contribution in [-0.4, -0.2) is 58.5 Å². The Balaban J connectivity index is 0.00000145. The quantitative estimate of drug-likeness (QED) is 0.373. The topological polar surface area (TPSA) is 112 Å². The first kappa shape index (κ1) is 22.1. The summed E-state index contributed by atoms with van der Waals surface area (Å²) in [5.41, 5.74) is 2.13. The van der Waals surface area contributed by atoms with Gasteiger partial charge in [0.1, 0.15) is 5.69 Å². The Morgan fingerprint density at radius 2 is 1.93 bits per heavy atom.